The first-order valence-electron chi connectivity index (χ1n) is 5.57. The predicted molar refractivity (Wildman–Crippen MR) is 69.8 cm³/mol. The highest BCUT2D eigenvalue weighted by atomic mass is 32.2. The van der Waals surface area contributed by atoms with Crippen LogP contribution in [0.25, 0.3) is 0 Å². The molecule has 0 radical (unpaired) electrons. The van der Waals surface area contributed by atoms with Gasteiger partial charge in [0.05, 0.1) is 7.11 Å². The molecule has 1 aromatic rings. The van der Waals surface area contributed by atoms with Crippen molar-refractivity contribution < 1.29 is 23.1 Å². The molecule has 1 unspecified atom stereocenters. The lowest BCUT2D eigenvalue weighted by Gasteiger charge is -2.22. The molecule has 1 N–H and O–H groups in total. The van der Waals surface area contributed by atoms with Crippen LogP contribution in [0.3, 0.4) is 0 Å². The fourth-order valence-corrected chi connectivity index (χ4v) is 3.06. The van der Waals surface area contributed by atoms with Crippen LogP contribution in [0.2, 0.25) is 0 Å². The van der Waals surface area contributed by atoms with Gasteiger partial charge in [0.25, 0.3) is 0 Å². The van der Waals surface area contributed by atoms with Crippen molar-refractivity contribution >= 4 is 16.0 Å². The Morgan fingerprint density at radius 3 is 2.47 bits per heavy atom. The molecule has 0 aliphatic carbocycles. The molecule has 0 aromatic heterocycles. The average molecular weight is 287 g/mol. The van der Waals surface area contributed by atoms with Gasteiger partial charge in [-0.3, -0.25) is 4.79 Å². The van der Waals surface area contributed by atoms with Crippen molar-refractivity contribution in [2.24, 2.45) is 0 Å². The zero-order valence-corrected chi connectivity index (χ0v) is 12.1. The minimum Gasteiger partial charge on any atom is -0.495 e. The van der Waals surface area contributed by atoms with Crippen molar-refractivity contribution in [1.82, 2.24) is 4.31 Å². The van der Waals surface area contributed by atoms with Crippen molar-refractivity contribution in [2.45, 2.75) is 24.8 Å². The Balaban J connectivity index is 3.35. The topological polar surface area (TPSA) is 83.9 Å². The molecule has 0 fully saturated rings. The lowest BCUT2D eigenvalue weighted by atomic mass is 10.2. The maximum absolute atomic E-state index is 12.4. The number of aliphatic carboxylic acids is 1. The third-order valence-electron chi connectivity index (χ3n) is 2.88. The number of aryl methyl sites for hydroxylation is 1. The van der Waals surface area contributed by atoms with Crippen molar-refractivity contribution in [3.8, 4) is 5.75 Å². The summed E-state index contributed by atoms with van der Waals surface area (Å²) in [4.78, 5) is 10.9. The monoisotopic (exact) mass is 287 g/mol. The number of carboxylic acid groups (broad SMARTS) is 1. The number of hydrogen-bond acceptors (Lipinski definition) is 4. The van der Waals surface area contributed by atoms with Gasteiger partial charge in [-0.05, 0) is 31.5 Å². The summed E-state index contributed by atoms with van der Waals surface area (Å²) >= 11 is 0. The van der Waals surface area contributed by atoms with Crippen LogP contribution in [0.4, 0.5) is 0 Å². The molecule has 0 aliphatic rings. The third-order valence-corrected chi connectivity index (χ3v) is 4.83. The summed E-state index contributed by atoms with van der Waals surface area (Å²) in [6, 6.07) is 3.56. The Kier molecular flexibility index (Phi) is 4.54. The normalized spacial score (nSPS) is 13.3. The number of carbonyl (C=O) groups is 1. The molecule has 0 bridgehead atoms. The summed E-state index contributed by atoms with van der Waals surface area (Å²) in [5, 5.41) is 8.91. The van der Waals surface area contributed by atoms with E-state index in [4.69, 9.17) is 9.84 Å². The van der Waals surface area contributed by atoms with Crippen LogP contribution in [0.1, 0.15) is 12.5 Å². The van der Waals surface area contributed by atoms with Crippen LogP contribution in [0.5, 0.6) is 5.75 Å². The molecule has 1 atom stereocenters. The zero-order chi connectivity index (χ0) is 14.8. The smallest absolute Gasteiger partial charge is 0.321 e. The summed E-state index contributed by atoms with van der Waals surface area (Å²) in [6.45, 7) is 3.06. The van der Waals surface area contributed by atoms with Gasteiger partial charge in [-0.1, -0.05) is 6.07 Å². The number of sulfonamides is 1. The summed E-state index contributed by atoms with van der Waals surface area (Å²) in [5.74, 6) is -1.02. The molecular formula is C12H17NO5S. The number of carboxylic acids is 1. The van der Waals surface area contributed by atoms with E-state index in [-0.39, 0.29) is 10.6 Å². The van der Waals surface area contributed by atoms with E-state index >= 15 is 0 Å². The third kappa shape index (κ3) is 3.05. The number of methoxy groups -OCH3 is 1. The first-order valence-corrected chi connectivity index (χ1v) is 7.01. The maximum Gasteiger partial charge on any atom is 0.321 e. The molecule has 1 rings (SSSR count). The van der Waals surface area contributed by atoms with E-state index in [1.54, 1.807) is 19.1 Å². The Morgan fingerprint density at radius 1 is 1.42 bits per heavy atom. The largest absolute Gasteiger partial charge is 0.495 e. The molecule has 19 heavy (non-hydrogen) atoms. The number of nitrogens with zero attached hydrogens (tertiary/aromatic N) is 1. The van der Waals surface area contributed by atoms with E-state index in [0.29, 0.717) is 0 Å². The molecule has 1 aromatic carbocycles. The molecule has 6 nitrogen and oxygen atoms in total. The zero-order valence-electron chi connectivity index (χ0n) is 11.2. The molecule has 0 aliphatic heterocycles. The highest BCUT2D eigenvalue weighted by Crippen LogP contribution is 2.27. The Bertz CT molecular complexity index is 582. The van der Waals surface area contributed by atoms with Gasteiger partial charge in [0.1, 0.15) is 16.7 Å². The van der Waals surface area contributed by atoms with Gasteiger partial charge in [0.2, 0.25) is 10.0 Å². The van der Waals surface area contributed by atoms with Gasteiger partial charge >= 0.3 is 5.97 Å². The SMILES string of the molecule is COc1ccc(C)cc1S(=O)(=O)N(C)C(C)C(=O)O. The van der Waals surface area contributed by atoms with Crippen molar-refractivity contribution in [2.75, 3.05) is 14.2 Å². The number of benzene rings is 1. The summed E-state index contributed by atoms with van der Waals surface area (Å²) in [7, 11) is -1.32. The van der Waals surface area contributed by atoms with Gasteiger partial charge in [-0.15, -0.1) is 0 Å². The van der Waals surface area contributed by atoms with E-state index in [9.17, 15) is 13.2 Å². The van der Waals surface area contributed by atoms with E-state index in [2.05, 4.69) is 0 Å². The van der Waals surface area contributed by atoms with Gasteiger partial charge < -0.3 is 9.84 Å². The van der Waals surface area contributed by atoms with E-state index in [1.165, 1.54) is 27.1 Å². The quantitative estimate of drug-likeness (QED) is 0.876. The van der Waals surface area contributed by atoms with Crippen LogP contribution in [0, 0.1) is 6.92 Å². The maximum atomic E-state index is 12.4. The Morgan fingerprint density at radius 2 is 2.00 bits per heavy atom. The summed E-state index contributed by atoms with van der Waals surface area (Å²) in [5.41, 5.74) is 0.746. The molecule has 106 valence electrons. The molecule has 0 heterocycles. The molecular weight excluding hydrogens is 270 g/mol. The molecule has 0 saturated carbocycles. The van der Waals surface area contributed by atoms with Crippen molar-refractivity contribution in [1.29, 1.82) is 0 Å². The Labute approximate surface area is 112 Å². The fraction of sp³-hybridized carbons (Fsp3) is 0.417. The second-order valence-corrected chi connectivity index (χ2v) is 6.16. The first-order chi connectivity index (χ1) is 8.71. The first kappa shape index (κ1) is 15.5. The van der Waals surface area contributed by atoms with Gasteiger partial charge in [-0.25, -0.2) is 8.42 Å². The molecule has 0 spiro atoms. The lowest BCUT2D eigenvalue weighted by molar-refractivity contribution is -0.140. The van der Waals surface area contributed by atoms with Crippen LogP contribution < -0.4 is 4.74 Å². The molecule has 0 saturated heterocycles. The second-order valence-electron chi connectivity index (χ2n) is 4.19. The van der Waals surface area contributed by atoms with Crippen LogP contribution in [0.15, 0.2) is 23.1 Å². The minimum absolute atomic E-state index is 0.0365. The molecule has 7 heteroatoms. The molecule has 0 amide bonds. The highest BCUT2D eigenvalue weighted by molar-refractivity contribution is 7.89. The minimum atomic E-state index is -3.92. The second kappa shape index (κ2) is 5.58. The van der Waals surface area contributed by atoms with Crippen LogP contribution in [-0.2, 0) is 14.8 Å². The number of rotatable bonds is 5. The highest BCUT2D eigenvalue weighted by Gasteiger charge is 2.31. The summed E-state index contributed by atoms with van der Waals surface area (Å²) in [6.07, 6.45) is 0. The number of hydrogen-bond donors (Lipinski definition) is 1. The van der Waals surface area contributed by atoms with Crippen LogP contribution in [-0.4, -0.2) is 44.0 Å². The van der Waals surface area contributed by atoms with Crippen molar-refractivity contribution in [3.05, 3.63) is 23.8 Å². The van der Waals surface area contributed by atoms with E-state index in [1.807, 2.05) is 0 Å². The van der Waals surface area contributed by atoms with E-state index in [0.717, 1.165) is 9.87 Å². The van der Waals surface area contributed by atoms with Gasteiger partial charge in [-0.2, -0.15) is 4.31 Å². The predicted octanol–water partition coefficient (Wildman–Crippen LogP) is 1.10. The summed E-state index contributed by atoms with van der Waals surface area (Å²) < 4.78 is 30.6. The van der Waals surface area contributed by atoms with Crippen LogP contribution >= 0.6 is 0 Å². The standard InChI is InChI=1S/C12H17NO5S/c1-8-5-6-10(18-4)11(7-8)19(16,17)13(3)9(2)12(14)15/h5-7,9H,1-4H3,(H,14,15). The van der Waals surface area contributed by atoms with Gasteiger partial charge in [0, 0.05) is 7.05 Å². The van der Waals surface area contributed by atoms with E-state index < -0.39 is 22.0 Å². The number of likely N-dealkylation sites (N-methyl/N-ethyl adjacent to an activating group) is 1. The van der Waals surface area contributed by atoms with Crippen molar-refractivity contribution in [3.63, 3.8) is 0 Å². The lowest BCUT2D eigenvalue weighted by Crippen LogP contribution is -2.40. The fourth-order valence-electron chi connectivity index (χ4n) is 1.50. The Hall–Kier alpha value is -1.60. The number of ether oxygens (including phenoxy) is 1. The average Bonchev–Trinajstić information content (AvgIpc) is 2.36. The van der Waals surface area contributed by atoms with Gasteiger partial charge in [0.15, 0.2) is 0 Å².